The summed E-state index contributed by atoms with van der Waals surface area (Å²) in [6, 6.07) is 0. The van der Waals surface area contributed by atoms with Crippen LogP contribution in [0.3, 0.4) is 0 Å². The molecule has 0 amide bonds. The van der Waals surface area contributed by atoms with Gasteiger partial charge in [-0.15, -0.1) is 0 Å². The fourth-order valence-electron chi connectivity index (χ4n) is 2.16. The molecule has 0 aromatic carbocycles. The van der Waals surface area contributed by atoms with Crippen LogP contribution in [-0.4, -0.2) is 56.3 Å². The Balaban J connectivity index is 4.77. The minimum atomic E-state index is -1.15. The lowest BCUT2D eigenvalue weighted by molar-refractivity contribution is -0.147. The molecular weight excluding hydrogens is 332 g/mol. The highest BCUT2D eigenvalue weighted by Gasteiger charge is 2.20. The quantitative estimate of drug-likeness (QED) is 0.246. The van der Waals surface area contributed by atoms with E-state index in [9.17, 15) is 29.7 Å². The Morgan fingerprint density at radius 1 is 0.960 bits per heavy atom. The lowest BCUT2D eigenvalue weighted by Crippen LogP contribution is -2.24. The molecule has 0 bridgehead atoms. The Bertz CT molecular complexity index is 533. The molecule has 0 aromatic heterocycles. The van der Waals surface area contributed by atoms with Crippen molar-refractivity contribution in [3.8, 4) is 0 Å². The third kappa shape index (κ3) is 12.8. The highest BCUT2D eigenvalue weighted by Crippen LogP contribution is 2.16. The van der Waals surface area contributed by atoms with Gasteiger partial charge in [0, 0.05) is 44.8 Å². The standard InChI is InChI=1S/C17H26O8/c1-10(18)4-13(21)6-15(23)7-16(24)9-17(25-12(3)20)8-14(22)5-11(2)19/h5-6,10,16-18,22-24H,4,7-9H2,1-3H3/b14-5?,15-6-. The number of carbonyl (C=O) groups is 3. The summed E-state index contributed by atoms with van der Waals surface area (Å²) in [5.41, 5.74) is 0. The van der Waals surface area contributed by atoms with Gasteiger partial charge in [0.05, 0.1) is 23.7 Å². The maximum absolute atomic E-state index is 11.4. The SMILES string of the molecule is CC(=O)C=C(O)CC(CC(O)C/C(O)=C/C(=O)CC(C)O)OC(C)=O. The van der Waals surface area contributed by atoms with E-state index < -0.39 is 30.1 Å². The molecule has 0 spiro atoms. The molecule has 0 saturated heterocycles. The van der Waals surface area contributed by atoms with Crippen molar-refractivity contribution in [2.24, 2.45) is 0 Å². The Labute approximate surface area is 146 Å². The Kier molecular flexibility index (Phi) is 10.4. The largest absolute Gasteiger partial charge is 0.512 e. The first kappa shape index (κ1) is 22.8. The molecule has 0 saturated carbocycles. The number of aliphatic hydroxyl groups is 4. The van der Waals surface area contributed by atoms with E-state index in [-0.39, 0.29) is 43.0 Å². The molecule has 0 aromatic rings. The smallest absolute Gasteiger partial charge is 0.302 e. The molecule has 0 fully saturated rings. The van der Waals surface area contributed by atoms with Gasteiger partial charge in [-0.25, -0.2) is 0 Å². The second-order valence-corrected chi connectivity index (χ2v) is 5.93. The topological polar surface area (TPSA) is 141 Å². The molecule has 0 heterocycles. The van der Waals surface area contributed by atoms with Gasteiger partial charge in [0.15, 0.2) is 11.6 Å². The summed E-state index contributed by atoms with van der Waals surface area (Å²) in [5, 5.41) is 38.4. The van der Waals surface area contributed by atoms with E-state index in [1.54, 1.807) is 0 Å². The number of rotatable bonds is 11. The second-order valence-electron chi connectivity index (χ2n) is 5.93. The highest BCUT2D eigenvalue weighted by molar-refractivity contribution is 5.90. The number of hydrogen-bond acceptors (Lipinski definition) is 8. The second kappa shape index (κ2) is 11.4. The van der Waals surface area contributed by atoms with Crippen molar-refractivity contribution in [3.05, 3.63) is 23.7 Å². The van der Waals surface area contributed by atoms with Gasteiger partial charge in [0.1, 0.15) is 6.10 Å². The van der Waals surface area contributed by atoms with Crippen LogP contribution < -0.4 is 0 Å². The van der Waals surface area contributed by atoms with Gasteiger partial charge in [-0.05, 0) is 13.8 Å². The van der Waals surface area contributed by atoms with Gasteiger partial charge >= 0.3 is 5.97 Å². The summed E-state index contributed by atoms with van der Waals surface area (Å²) >= 11 is 0. The van der Waals surface area contributed by atoms with E-state index in [1.165, 1.54) is 13.8 Å². The van der Waals surface area contributed by atoms with Crippen molar-refractivity contribution in [1.82, 2.24) is 0 Å². The maximum Gasteiger partial charge on any atom is 0.302 e. The summed E-state index contributed by atoms with van der Waals surface area (Å²) in [6.07, 6.45) is -1.68. The van der Waals surface area contributed by atoms with Gasteiger partial charge < -0.3 is 25.2 Å². The Morgan fingerprint density at radius 2 is 1.52 bits per heavy atom. The monoisotopic (exact) mass is 358 g/mol. The first-order chi connectivity index (χ1) is 11.5. The van der Waals surface area contributed by atoms with E-state index in [4.69, 9.17) is 9.84 Å². The molecule has 4 N–H and O–H groups in total. The molecule has 25 heavy (non-hydrogen) atoms. The normalized spacial score (nSPS) is 16.0. The molecule has 0 aliphatic carbocycles. The third-order valence-corrected chi connectivity index (χ3v) is 2.94. The summed E-state index contributed by atoms with van der Waals surface area (Å²) in [7, 11) is 0. The zero-order chi connectivity index (χ0) is 19.6. The van der Waals surface area contributed by atoms with Crippen LogP contribution in [0, 0.1) is 0 Å². The number of hydrogen-bond donors (Lipinski definition) is 4. The molecule has 3 unspecified atom stereocenters. The van der Waals surface area contributed by atoms with Crippen LogP contribution in [0.1, 0.15) is 46.5 Å². The van der Waals surface area contributed by atoms with E-state index in [0.29, 0.717) is 0 Å². The molecule has 0 radical (unpaired) electrons. The van der Waals surface area contributed by atoms with Crippen LogP contribution >= 0.6 is 0 Å². The average Bonchev–Trinajstić information content (AvgIpc) is 2.33. The minimum Gasteiger partial charge on any atom is -0.512 e. The fraction of sp³-hybridized carbons (Fsp3) is 0.588. The number of ketones is 2. The van der Waals surface area contributed by atoms with Crippen molar-refractivity contribution in [1.29, 1.82) is 0 Å². The number of allylic oxidation sites excluding steroid dienone is 2. The molecular formula is C17H26O8. The summed E-state index contributed by atoms with van der Waals surface area (Å²) in [6.45, 7) is 3.85. The van der Waals surface area contributed by atoms with E-state index >= 15 is 0 Å². The van der Waals surface area contributed by atoms with Crippen molar-refractivity contribution in [3.63, 3.8) is 0 Å². The summed E-state index contributed by atoms with van der Waals surface area (Å²) in [4.78, 5) is 33.5. The predicted octanol–water partition coefficient (Wildman–Crippen LogP) is 1.26. The van der Waals surface area contributed by atoms with Crippen molar-refractivity contribution in [2.75, 3.05) is 0 Å². The number of ether oxygens (including phenoxy) is 1. The van der Waals surface area contributed by atoms with Crippen LogP contribution in [0.25, 0.3) is 0 Å². The van der Waals surface area contributed by atoms with Crippen molar-refractivity contribution >= 4 is 17.5 Å². The van der Waals surface area contributed by atoms with Crippen molar-refractivity contribution < 1.29 is 39.5 Å². The van der Waals surface area contributed by atoms with Gasteiger partial charge in [0.25, 0.3) is 0 Å². The third-order valence-electron chi connectivity index (χ3n) is 2.94. The number of aliphatic hydroxyl groups excluding tert-OH is 4. The molecule has 0 aliphatic rings. The molecule has 0 rings (SSSR count). The van der Waals surface area contributed by atoms with Gasteiger partial charge in [0.2, 0.25) is 0 Å². The van der Waals surface area contributed by atoms with E-state index in [1.807, 2.05) is 0 Å². The Hall–Kier alpha value is -2.19. The van der Waals surface area contributed by atoms with Crippen LogP contribution in [0.2, 0.25) is 0 Å². The van der Waals surface area contributed by atoms with Crippen LogP contribution in [0.5, 0.6) is 0 Å². The molecule has 8 nitrogen and oxygen atoms in total. The molecule has 0 aliphatic heterocycles. The van der Waals surface area contributed by atoms with E-state index in [0.717, 1.165) is 19.1 Å². The number of carbonyl (C=O) groups excluding carboxylic acids is 3. The van der Waals surface area contributed by atoms with Gasteiger partial charge in [-0.3, -0.25) is 14.4 Å². The summed E-state index contributed by atoms with van der Waals surface area (Å²) < 4.78 is 4.98. The lowest BCUT2D eigenvalue weighted by atomic mass is 10.0. The van der Waals surface area contributed by atoms with Crippen molar-refractivity contribution in [2.45, 2.75) is 64.8 Å². The van der Waals surface area contributed by atoms with Gasteiger partial charge in [-0.2, -0.15) is 0 Å². The summed E-state index contributed by atoms with van der Waals surface area (Å²) in [5.74, 6) is -2.16. The number of esters is 1. The van der Waals surface area contributed by atoms with Crippen LogP contribution in [-0.2, 0) is 19.1 Å². The first-order valence-corrected chi connectivity index (χ1v) is 7.85. The highest BCUT2D eigenvalue weighted by atomic mass is 16.5. The Morgan fingerprint density at radius 3 is 2.00 bits per heavy atom. The zero-order valence-electron chi connectivity index (χ0n) is 14.6. The first-order valence-electron chi connectivity index (χ1n) is 7.85. The molecule has 142 valence electrons. The fourth-order valence-corrected chi connectivity index (χ4v) is 2.16. The zero-order valence-corrected chi connectivity index (χ0v) is 14.6. The van der Waals surface area contributed by atoms with E-state index in [2.05, 4.69) is 0 Å². The lowest BCUT2D eigenvalue weighted by Gasteiger charge is -2.20. The predicted molar refractivity (Wildman–Crippen MR) is 88.8 cm³/mol. The minimum absolute atomic E-state index is 0.113. The molecule has 3 atom stereocenters. The van der Waals surface area contributed by atoms with Crippen LogP contribution in [0.15, 0.2) is 23.7 Å². The maximum atomic E-state index is 11.4. The van der Waals surface area contributed by atoms with Gasteiger partial charge in [-0.1, -0.05) is 0 Å². The average molecular weight is 358 g/mol. The molecule has 8 heteroatoms. The van der Waals surface area contributed by atoms with Crippen LogP contribution in [0.4, 0.5) is 0 Å².